The van der Waals surface area contributed by atoms with Crippen molar-refractivity contribution < 1.29 is 4.52 Å². The monoisotopic (exact) mass is 325 g/mol. The van der Waals surface area contributed by atoms with Gasteiger partial charge in [0.15, 0.2) is 5.82 Å². The van der Waals surface area contributed by atoms with Gasteiger partial charge in [0.25, 0.3) is 0 Å². The summed E-state index contributed by atoms with van der Waals surface area (Å²) in [6, 6.07) is 7.71. The fourth-order valence-corrected chi connectivity index (χ4v) is 3.00. The summed E-state index contributed by atoms with van der Waals surface area (Å²) in [5.74, 6) is 2.02. The largest absolute Gasteiger partial charge is 0.339 e. The Balaban J connectivity index is 2.04. The third-order valence-electron chi connectivity index (χ3n) is 3.85. The van der Waals surface area contributed by atoms with Gasteiger partial charge in [0.2, 0.25) is 5.89 Å². The zero-order valence-corrected chi connectivity index (χ0v) is 13.9. The second-order valence-corrected chi connectivity index (χ2v) is 6.44. The van der Waals surface area contributed by atoms with Gasteiger partial charge in [0, 0.05) is 16.5 Å². The first-order chi connectivity index (χ1) is 10.1. The van der Waals surface area contributed by atoms with Crippen molar-refractivity contribution in [2.45, 2.75) is 42.8 Å². The molecule has 114 valence electrons. The fourth-order valence-electron chi connectivity index (χ4n) is 2.14. The maximum Gasteiger partial charge on any atom is 0.234 e. The Morgan fingerprint density at radius 1 is 1.24 bits per heavy atom. The van der Waals surface area contributed by atoms with Crippen molar-refractivity contribution in [1.29, 1.82) is 0 Å². The Morgan fingerprint density at radius 2 is 1.90 bits per heavy atom. The van der Waals surface area contributed by atoms with E-state index in [9.17, 15) is 0 Å². The maximum absolute atomic E-state index is 5.90. The molecule has 2 rings (SSSR count). The zero-order valence-electron chi connectivity index (χ0n) is 12.3. The first-order valence-corrected chi connectivity index (χ1v) is 8.41. The maximum atomic E-state index is 5.90. The average Bonchev–Trinajstić information content (AvgIpc) is 2.99. The van der Waals surface area contributed by atoms with Crippen LogP contribution in [0.1, 0.15) is 38.4 Å². The van der Waals surface area contributed by atoms with E-state index in [1.807, 2.05) is 24.3 Å². The Morgan fingerprint density at radius 3 is 2.48 bits per heavy atom. The number of halogens is 1. The molecule has 0 spiro atoms. The molecule has 0 saturated heterocycles. The summed E-state index contributed by atoms with van der Waals surface area (Å²) >= 11 is 7.52. The summed E-state index contributed by atoms with van der Waals surface area (Å²) in [5.41, 5.74) is 5.71. The van der Waals surface area contributed by atoms with Crippen LogP contribution in [-0.4, -0.2) is 16.7 Å². The summed E-state index contributed by atoms with van der Waals surface area (Å²) in [7, 11) is 0. The topological polar surface area (TPSA) is 64.9 Å². The van der Waals surface area contributed by atoms with Crippen LogP contribution in [0.3, 0.4) is 0 Å². The molecule has 0 bridgehead atoms. The molecule has 2 aromatic rings. The number of nitrogens with zero attached hydrogens (tertiary/aromatic N) is 2. The predicted octanol–water partition coefficient (Wildman–Crippen LogP) is 4.03. The van der Waals surface area contributed by atoms with Gasteiger partial charge < -0.3 is 10.3 Å². The molecule has 0 aliphatic rings. The van der Waals surface area contributed by atoms with Crippen LogP contribution < -0.4 is 5.73 Å². The molecule has 1 heterocycles. The van der Waals surface area contributed by atoms with Gasteiger partial charge in [-0.1, -0.05) is 30.6 Å². The highest BCUT2D eigenvalue weighted by molar-refractivity contribution is 7.98. The lowest BCUT2D eigenvalue weighted by atomic mass is 9.82. The second-order valence-electron chi connectivity index (χ2n) is 4.95. The number of hydrogen-bond acceptors (Lipinski definition) is 5. The van der Waals surface area contributed by atoms with Crippen LogP contribution in [-0.2, 0) is 11.2 Å². The SMILES string of the molecule is CCC(CC)(CN)c1nc(CSc2ccc(Cl)cc2)no1. The van der Waals surface area contributed by atoms with Gasteiger partial charge in [0.05, 0.1) is 11.2 Å². The number of nitrogens with two attached hydrogens (primary N) is 1. The molecule has 4 nitrogen and oxygen atoms in total. The molecule has 21 heavy (non-hydrogen) atoms. The van der Waals surface area contributed by atoms with E-state index in [-0.39, 0.29) is 5.41 Å². The molecule has 1 aromatic carbocycles. The molecular weight excluding hydrogens is 306 g/mol. The predicted molar refractivity (Wildman–Crippen MR) is 86.6 cm³/mol. The van der Waals surface area contributed by atoms with E-state index in [0.717, 1.165) is 22.8 Å². The van der Waals surface area contributed by atoms with Crippen LogP contribution in [0, 0.1) is 0 Å². The summed E-state index contributed by atoms with van der Waals surface area (Å²) in [6.45, 7) is 4.72. The highest BCUT2D eigenvalue weighted by Gasteiger charge is 2.33. The Bertz CT molecular complexity index is 558. The van der Waals surface area contributed by atoms with E-state index in [4.69, 9.17) is 21.9 Å². The van der Waals surface area contributed by atoms with Crippen molar-refractivity contribution in [2.24, 2.45) is 5.73 Å². The first kappa shape index (κ1) is 16.3. The molecule has 0 aliphatic heterocycles. The van der Waals surface area contributed by atoms with E-state index in [0.29, 0.717) is 24.0 Å². The van der Waals surface area contributed by atoms with E-state index < -0.39 is 0 Å². The number of rotatable bonds is 7. The van der Waals surface area contributed by atoms with Gasteiger partial charge in [-0.25, -0.2) is 0 Å². The number of benzene rings is 1. The smallest absolute Gasteiger partial charge is 0.234 e. The standard InChI is InChI=1S/C15H20ClN3OS/c1-3-15(4-2,10-17)14-18-13(19-20-14)9-21-12-7-5-11(16)6-8-12/h5-8H,3-4,9-10,17H2,1-2H3. The Labute approximate surface area is 134 Å². The zero-order chi connectivity index (χ0) is 15.3. The van der Waals surface area contributed by atoms with E-state index in [2.05, 4.69) is 24.0 Å². The second kappa shape index (κ2) is 7.29. The van der Waals surface area contributed by atoms with Crippen LogP contribution in [0.4, 0.5) is 0 Å². The van der Waals surface area contributed by atoms with Crippen molar-refractivity contribution >= 4 is 23.4 Å². The molecule has 6 heteroatoms. The lowest BCUT2D eigenvalue weighted by Gasteiger charge is -2.24. The van der Waals surface area contributed by atoms with Crippen molar-refractivity contribution in [1.82, 2.24) is 10.1 Å². The molecule has 0 aliphatic carbocycles. The highest BCUT2D eigenvalue weighted by atomic mass is 35.5. The summed E-state index contributed by atoms with van der Waals surface area (Å²) in [5, 5.41) is 4.81. The Hall–Kier alpha value is -1.04. The molecule has 0 amide bonds. The van der Waals surface area contributed by atoms with Crippen LogP contribution in [0.5, 0.6) is 0 Å². The summed E-state index contributed by atoms with van der Waals surface area (Å²) < 4.78 is 5.43. The van der Waals surface area contributed by atoms with Gasteiger partial charge in [-0.15, -0.1) is 11.8 Å². The number of aromatic nitrogens is 2. The molecule has 0 fully saturated rings. The van der Waals surface area contributed by atoms with Crippen molar-refractivity contribution in [2.75, 3.05) is 6.54 Å². The molecular formula is C15H20ClN3OS. The van der Waals surface area contributed by atoms with E-state index >= 15 is 0 Å². The molecule has 0 radical (unpaired) electrons. The third kappa shape index (κ3) is 3.78. The van der Waals surface area contributed by atoms with Crippen LogP contribution >= 0.6 is 23.4 Å². The fraction of sp³-hybridized carbons (Fsp3) is 0.467. The van der Waals surface area contributed by atoms with Crippen molar-refractivity contribution in [3.05, 3.63) is 41.0 Å². The third-order valence-corrected chi connectivity index (χ3v) is 5.11. The number of thioether (sulfide) groups is 1. The van der Waals surface area contributed by atoms with Gasteiger partial charge in [-0.2, -0.15) is 4.98 Å². The van der Waals surface area contributed by atoms with E-state index in [1.165, 1.54) is 0 Å². The first-order valence-electron chi connectivity index (χ1n) is 7.05. The van der Waals surface area contributed by atoms with Gasteiger partial charge in [-0.05, 0) is 37.1 Å². The quantitative estimate of drug-likeness (QED) is 0.778. The van der Waals surface area contributed by atoms with Gasteiger partial charge in [0.1, 0.15) is 0 Å². The van der Waals surface area contributed by atoms with Crippen LogP contribution in [0.25, 0.3) is 0 Å². The summed E-state index contributed by atoms with van der Waals surface area (Å²) in [4.78, 5) is 5.65. The minimum Gasteiger partial charge on any atom is -0.339 e. The average molecular weight is 326 g/mol. The van der Waals surface area contributed by atoms with E-state index in [1.54, 1.807) is 11.8 Å². The van der Waals surface area contributed by atoms with Crippen LogP contribution in [0.15, 0.2) is 33.7 Å². The number of hydrogen-bond donors (Lipinski definition) is 1. The van der Waals surface area contributed by atoms with Crippen molar-refractivity contribution in [3.8, 4) is 0 Å². The van der Waals surface area contributed by atoms with Gasteiger partial charge in [-0.3, -0.25) is 0 Å². The molecule has 0 saturated carbocycles. The van der Waals surface area contributed by atoms with Gasteiger partial charge >= 0.3 is 0 Å². The minimum atomic E-state index is -0.198. The molecule has 2 N–H and O–H groups in total. The van der Waals surface area contributed by atoms with Crippen LogP contribution in [0.2, 0.25) is 5.02 Å². The molecule has 0 unspecified atom stereocenters. The minimum absolute atomic E-state index is 0.198. The molecule has 1 aromatic heterocycles. The normalized spacial score (nSPS) is 11.8. The lowest BCUT2D eigenvalue weighted by Crippen LogP contribution is -2.34. The highest BCUT2D eigenvalue weighted by Crippen LogP contribution is 2.30. The molecule has 0 atom stereocenters. The Kier molecular flexibility index (Phi) is 5.67. The summed E-state index contributed by atoms with van der Waals surface area (Å²) in [6.07, 6.45) is 1.79. The lowest BCUT2D eigenvalue weighted by molar-refractivity contribution is 0.266. The van der Waals surface area contributed by atoms with Crippen molar-refractivity contribution in [3.63, 3.8) is 0 Å².